The number of alkyl carbamates (subject to hydrolysis) is 2. The number of unbranched alkanes of at least 4 members (excludes halogenated alkanes) is 1. The van der Waals surface area contributed by atoms with Crippen molar-refractivity contribution in [2.45, 2.75) is 64.2 Å². The van der Waals surface area contributed by atoms with E-state index in [1.54, 1.807) is 20.8 Å². The van der Waals surface area contributed by atoms with E-state index in [0.717, 1.165) is 27.8 Å². The zero-order valence-corrected chi connectivity index (χ0v) is 26.0. The van der Waals surface area contributed by atoms with Crippen LogP contribution in [0, 0.1) is 0 Å². The lowest BCUT2D eigenvalue weighted by atomic mass is 9.98. The number of carbonyl (C=O) groups is 4. The maximum absolute atomic E-state index is 13.0. The highest BCUT2D eigenvalue weighted by atomic mass is 16.6. The summed E-state index contributed by atoms with van der Waals surface area (Å²) in [5.74, 6) is -1.26. The molecule has 0 saturated carbocycles. The molecular formula is C35H41N3O7. The van der Waals surface area contributed by atoms with Crippen LogP contribution in [0.3, 0.4) is 0 Å². The number of benzene rings is 3. The summed E-state index contributed by atoms with van der Waals surface area (Å²) in [5.41, 5.74) is 4.56. The van der Waals surface area contributed by atoms with E-state index in [1.165, 1.54) is 0 Å². The Balaban J connectivity index is 1.28. The molecule has 3 N–H and O–H groups in total. The Morgan fingerprint density at radius 1 is 0.756 bits per heavy atom. The summed E-state index contributed by atoms with van der Waals surface area (Å²) >= 11 is 0. The van der Waals surface area contributed by atoms with Crippen LogP contribution in [0.2, 0.25) is 0 Å². The molecule has 0 fully saturated rings. The monoisotopic (exact) mass is 615 g/mol. The molecule has 1 atom stereocenters. The minimum absolute atomic E-state index is 0.0983. The van der Waals surface area contributed by atoms with Gasteiger partial charge in [0.25, 0.3) is 0 Å². The largest absolute Gasteiger partial charge is 0.459 e. The fourth-order valence-electron chi connectivity index (χ4n) is 5.15. The minimum atomic E-state index is -0.965. The van der Waals surface area contributed by atoms with Crippen LogP contribution in [-0.2, 0) is 30.4 Å². The second kappa shape index (κ2) is 15.7. The number of hydrogen-bond acceptors (Lipinski definition) is 7. The number of amides is 3. The Morgan fingerprint density at radius 3 is 2.02 bits per heavy atom. The Kier molecular flexibility index (Phi) is 11.6. The molecule has 4 rings (SSSR count). The van der Waals surface area contributed by atoms with Gasteiger partial charge in [0.05, 0.1) is 0 Å². The van der Waals surface area contributed by atoms with Crippen molar-refractivity contribution in [3.63, 3.8) is 0 Å². The van der Waals surface area contributed by atoms with Gasteiger partial charge in [0, 0.05) is 12.5 Å². The van der Waals surface area contributed by atoms with Gasteiger partial charge in [-0.2, -0.15) is 0 Å². The van der Waals surface area contributed by atoms with Gasteiger partial charge in [-0.1, -0.05) is 78.9 Å². The lowest BCUT2D eigenvalue weighted by Gasteiger charge is -2.21. The van der Waals surface area contributed by atoms with Crippen LogP contribution in [0.25, 0.3) is 11.1 Å². The quantitative estimate of drug-likeness (QED) is 0.132. The highest BCUT2D eigenvalue weighted by Gasteiger charge is 2.30. The van der Waals surface area contributed by atoms with E-state index < -0.39 is 35.7 Å². The van der Waals surface area contributed by atoms with Crippen molar-refractivity contribution in [3.05, 3.63) is 95.6 Å². The lowest BCUT2D eigenvalue weighted by molar-refractivity contribution is -0.154. The van der Waals surface area contributed by atoms with Gasteiger partial charge in [-0.15, -0.1) is 0 Å². The van der Waals surface area contributed by atoms with Crippen LogP contribution in [0.5, 0.6) is 0 Å². The first kappa shape index (κ1) is 33.0. The van der Waals surface area contributed by atoms with Crippen LogP contribution >= 0.6 is 0 Å². The van der Waals surface area contributed by atoms with E-state index in [0.29, 0.717) is 19.4 Å². The van der Waals surface area contributed by atoms with Crippen molar-refractivity contribution in [1.29, 1.82) is 0 Å². The molecule has 0 aliphatic heterocycles. The van der Waals surface area contributed by atoms with E-state index >= 15 is 0 Å². The third kappa shape index (κ3) is 10.1. The summed E-state index contributed by atoms with van der Waals surface area (Å²) in [7, 11) is 0. The average Bonchev–Trinajstić information content (AvgIpc) is 3.34. The van der Waals surface area contributed by atoms with Gasteiger partial charge in [-0.25, -0.2) is 9.59 Å². The van der Waals surface area contributed by atoms with Crippen molar-refractivity contribution >= 4 is 24.1 Å². The van der Waals surface area contributed by atoms with Gasteiger partial charge in [-0.05, 0) is 67.9 Å². The molecule has 45 heavy (non-hydrogen) atoms. The Labute approximate surface area is 263 Å². The number of nitrogens with one attached hydrogen (secondary N) is 3. The molecule has 0 bridgehead atoms. The molecule has 0 unspecified atom stereocenters. The predicted molar refractivity (Wildman–Crippen MR) is 169 cm³/mol. The molecule has 238 valence electrons. The van der Waals surface area contributed by atoms with E-state index in [9.17, 15) is 19.2 Å². The zero-order valence-electron chi connectivity index (χ0n) is 26.0. The maximum Gasteiger partial charge on any atom is 0.407 e. The van der Waals surface area contributed by atoms with E-state index in [1.807, 2.05) is 66.7 Å². The molecule has 3 aromatic carbocycles. The zero-order chi connectivity index (χ0) is 32.2. The topological polar surface area (TPSA) is 132 Å². The summed E-state index contributed by atoms with van der Waals surface area (Å²) in [6, 6.07) is 24.4. The number of carbonyl (C=O) groups excluding carboxylic acids is 4. The first-order valence-electron chi connectivity index (χ1n) is 15.2. The smallest absolute Gasteiger partial charge is 0.407 e. The van der Waals surface area contributed by atoms with Gasteiger partial charge < -0.3 is 30.2 Å². The fraction of sp³-hybridized carbons (Fsp3) is 0.371. The molecule has 0 radical (unpaired) electrons. The molecular weight excluding hydrogens is 574 g/mol. The van der Waals surface area contributed by atoms with E-state index in [-0.39, 0.29) is 32.1 Å². The number of fused-ring (bicyclic) bond motifs is 3. The molecule has 3 amide bonds. The molecule has 10 heteroatoms. The van der Waals surface area contributed by atoms with Crippen LogP contribution in [0.1, 0.15) is 62.6 Å². The highest BCUT2D eigenvalue weighted by molar-refractivity contribution is 5.88. The number of esters is 1. The van der Waals surface area contributed by atoms with Crippen molar-refractivity contribution in [2.24, 2.45) is 0 Å². The van der Waals surface area contributed by atoms with Crippen LogP contribution in [0.15, 0.2) is 78.9 Å². The van der Waals surface area contributed by atoms with E-state index in [4.69, 9.17) is 14.2 Å². The summed E-state index contributed by atoms with van der Waals surface area (Å²) < 4.78 is 16.1. The second-order valence-electron chi connectivity index (χ2n) is 11.8. The first-order chi connectivity index (χ1) is 21.6. The van der Waals surface area contributed by atoms with Crippen LogP contribution < -0.4 is 16.0 Å². The standard InChI is InChI=1S/C35H41N3O7/c1-35(2,3)45-31(39)21-37-32(40)30(19-11-12-20-36-33(41)43-22-24-13-5-4-6-14-24)38-34(42)44-23-29-27-17-9-7-15-25(27)26-16-8-10-18-28(26)29/h4-10,13-18,29-30H,11-12,19-23H2,1-3H3,(H,36,41)(H,37,40)(H,38,42)/t30-/m0/s1. The lowest BCUT2D eigenvalue weighted by Crippen LogP contribution is -2.48. The highest BCUT2D eigenvalue weighted by Crippen LogP contribution is 2.44. The third-order valence-electron chi connectivity index (χ3n) is 7.18. The Hall–Kier alpha value is -4.86. The Bertz CT molecular complexity index is 1420. The summed E-state index contributed by atoms with van der Waals surface area (Å²) in [4.78, 5) is 50.2. The van der Waals surface area contributed by atoms with Crippen molar-refractivity contribution < 1.29 is 33.4 Å². The van der Waals surface area contributed by atoms with Gasteiger partial charge in [0.15, 0.2) is 0 Å². The second-order valence-corrected chi connectivity index (χ2v) is 11.8. The summed E-state index contributed by atoms with van der Waals surface area (Å²) in [5, 5.41) is 7.90. The van der Waals surface area contributed by atoms with Gasteiger partial charge in [0.2, 0.25) is 5.91 Å². The van der Waals surface area contributed by atoms with Crippen molar-refractivity contribution in [3.8, 4) is 11.1 Å². The summed E-state index contributed by atoms with van der Waals surface area (Å²) in [6.45, 7) is 5.45. The predicted octanol–water partition coefficient (Wildman–Crippen LogP) is 5.45. The van der Waals surface area contributed by atoms with Gasteiger partial charge in [0.1, 0.15) is 31.4 Å². The molecule has 0 aromatic heterocycles. The molecule has 10 nitrogen and oxygen atoms in total. The van der Waals surface area contributed by atoms with Crippen molar-refractivity contribution in [2.75, 3.05) is 19.7 Å². The SMILES string of the molecule is CC(C)(C)OC(=O)CNC(=O)[C@H](CCCCNC(=O)OCc1ccccc1)NC(=O)OCC1c2ccccc2-c2ccccc21. The van der Waals surface area contributed by atoms with Gasteiger partial charge in [-0.3, -0.25) is 9.59 Å². The molecule has 3 aromatic rings. The van der Waals surface area contributed by atoms with Crippen LogP contribution in [0.4, 0.5) is 9.59 Å². The molecule has 1 aliphatic rings. The minimum Gasteiger partial charge on any atom is -0.459 e. The molecule has 0 saturated heterocycles. The number of hydrogen-bond donors (Lipinski definition) is 3. The van der Waals surface area contributed by atoms with Crippen LogP contribution in [-0.4, -0.2) is 55.4 Å². The molecule has 0 heterocycles. The number of ether oxygens (including phenoxy) is 3. The summed E-state index contributed by atoms with van der Waals surface area (Å²) in [6.07, 6.45) is 0.000107. The first-order valence-corrected chi connectivity index (χ1v) is 15.2. The van der Waals surface area contributed by atoms with Crippen molar-refractivity contribution in [1.82, 2.24) is 16.0 Å². The molecule has 1 aliphatic carbocycles. The third-order valence-corrected chi connectivity index (χ3v) is 7.18. The van der Waals surface area contributed by atoms with E-state index in [2.05, 4.69) is 28.1 Å². The normalized spacial score (nSPS) is 12.7. The maximum atomic E-state index is 13.0. The van der Waals surface area contributed by atoms with Gasteiger partial charge >= 0.3 is 18.2 Å². The fourth-order valence-corrected chi connectivity index (χ4v) is 5.15. The molecule has 0 spiro atoms. The Morgan fingerprint density at radius 2 is 1.38 bits per heavy atom. The number of rotatable bonds is 13. The average molecular weight is 616 g/mol.